The fraction of sp³-hybridized carbons (Fsp3) is 0.538. The van der Waals surface area contributed by atoms with Crippen molar-refractivity contribution >= 4 is 5.69 Å². The van der Waals surface area contributed by atoms with Gasteiger partial charge in [0.25, 0.3) is 5.69 Å². The number of nitrogens with zero attached hydrogens (tertiary/aromatic N) is 1. The van der Waals surface area contributed by atoms with E-state index >= 15 is 0 Å². The van der Waals surface area contributed by atoms with Crippen LogP contribution in [0.25, 0.3) is 0 Å². The quantitative estimate of drug-likeness (QED) is 0.584. The lowest BCUT2D eigenvalue weighted by Crippen LogP contribution is -2.20. The van der Waals surface area contributed by atoms with Gasteiger partial charge in [-0.1, -0.05) is 32.4 Å². The molecule has 0 amide bonds. The van der Waals surface area contributed by atoms with Crippen LogP contribution >= 0.6 is 0 Å². The lowest BCUT2D eigenvalue weighted by atomic mass is 10.1. The summed E-state index contributed by atoms with van der Waals surface area (Å²) in [5.41, 5.74) is 1.23. The second-order valence-corrected chi connectivity index (χ2v) is 4.45. The van der Waals surface area contributed by atoms with Gasteiger partial charge in [0.05, 0.1) is 4.92 Å². The maximum Gasteiger partial charge on any atom is 0.269 e. The standard InChI is InChI=1S/C13H20N2O2/c1-3-4-11(2)9-14-10-12-5-7-13(8-6-12)15(16)17/h5-8,11,14H,3-4,9-10H2,1-2H3. The Morgan fingerprint density at radius 1 is 1.35 bits per heavy atom. The van der Waals surface area contributed by atoms with Gasteiger partial charge >= 0.3 is 0 Å². The topological polar surface area (TPSA) is 55.2 Å². The van der Waals surface area contributed by atoms with Crippen LogP contribution in [0.1, 0.15) is 32.3 Å². The largest absolute Gasteiger partial charge is 0.312 e. The third kappa shape index (κ3) is 4.95. The average molecular weight is 236 g/mol. The van der Waals surface area contributed by atoms with Gasteiger partial charge in [0.1, 0.15) is 0 Å². The summed E-state index contributed by atoms with van der Waals surface area (Å²) in [5.74, 6) is 0.679. The number of hydrogen-bond acceptors (Lipinski definition) is 3. The van der Waals surface area contributed by atoms with E-state index in [1.54, 1.807) is 24.3 Å². The molecule has 17 heavy (non-hydrogen) atoms. The predicted molar refractivity (Wildman–Crippen MR) is 68.9 cm³/mol. The minimum atomic E-state index is -0.374. The van der Waals surface area contributed by atoms with Crippen LogP contribution < -0.4 is 5.32 Å². The summed E-state index contributed by atoms with van der Waals surface area (Å²) in [6, 6.07) is 6.70. The summed E-state index contributed by atoms with van der Waals surface area (Å²) in [6.45, 7) is 6.18. The molecule has 0 aromatic heterocycles. The molecule has 0 aliphatic rings. The number of nitro benzene ring substituents is 1. The summed E-state index contributed by atoms with van der Waals surface area (Å²) >= 11 is 0. The molecule has 1 aromatic rings. The van der Waals surface area contributed by atoms with Crippen molar-refractivity contribution in [2.75, 3.05) is 6.54 Å². The van der Waals surface area contributed by atoms with Crippen LogP contribution in [0.3, 0.4) is 0 Å². The molecule has 4 heteroatoms. The van der Waals surface area contributed by atoms with E-state index in [4.69, 9.17) is 0 Å². The van der Waals surface area contributed by atoms with Crippen LogP contribution in [0.4, 0.5) is 5.69 Å². The molecule has 0 spiro atoms. The van der Waals surface area contributed by atoms with Gasteiger partial charge in [-0.05, 0) is 24.4 Å². The van der Waals surface area contributed by atoms with Crippen molar-refractivity contribution in [1.82, 2.24) is 5.32 Å². The Morgan fingerprint density at radius 2 is 2.00 bits per heavy atom. The Hall–Kier alpha value is -1.42. The van der Waals surface area contributed by atoms with E-state index in [1.807, 2.05) is 0 Å². The first-order chi connectivity index (χ1) is 8.13. The Bertz CT molecular complexity index is 349. The molecule has 0 fully saturated rings. The van der Waals surface area contributed by atoms with E-state index in [1.165, 1.54) is 12.8 Å². The normalized spacial score (nSPS) is 12.4. The maximum atomic E-state index is 10.5. The fourth-order valence-corrected chi connectivity index (χ4v) is 1.79. The molecule has 1 unspecified atom stereocenters. The Balaban J connectivity index is 2.34. The molecule has 0 heterocycles. The number of rotatable bonds is 7. The maximum absolute atomic E-state index is 10.5. The molecule has 0 bridgehead atoms. The van der Waals surface area contributed by atoms with E-state index in [9.17, 15) is 10.1 Å². The van der Waals surface area contributed by atoms with Gasteiger partial charge in [-0.3, -0.25) is 10.1 Å². The van der Waals surface area contributed by atoms with Crippen molar-refractivity contribution in [3.05, 3.63) is 39.9 Å². The first kappa shape index (κ1) is 13.6. The molecule has 1 aromatic carbocycles. The van der Waals surface area contributed by atoms with Crippen molar-refractivity contribution in [3.8, 4) is 0 Å². The average Bonchev–Trinajstić information content (AvgIpc) is 2.30. The van der Waals surface area contributed by atoms with Gasteiger partial charge in [0.15, 0.2) is 0 Å². The van der Waals surface area contributed by atoms with E-state index in [2.05, 4.69) is 19.2 Å². The first-order valence-electron chi connectivity index (χ1n) is 6.07. The van der Waals surface area contributed by atoms with E-state index in [0.29, 0.717) is 5.92 Å². The lowest BCUT2D eigenvalue weighted by molar-refractivity contribution is -0.384. The summed E-state index contributed by atoms with van der Waals surface area (Å²) in [7, 11) is 0. The molecule has 0 radical (unpaired) electrons. The minimum absolute atomic E-state index is 0.146. The fourth-order valence-electron chi connectivity index (χ4n) is 1.79. The van der Waals surface area contributed by atoms with Gasteiger partial charge in [-0.25, -0.2) is 0 Å². The third-order valence-corrected chi connectivity index (χ3v) is 2.75. The smallest absolute Gasteiger partial charge is 0.269 e. The summed E-state index contributed by atoms with van der Waals surface area (Å²) in [6.07, 6.45) is 2.44. The number of benzene rings is 1. The molecule has 0 saturated heterocycles. The number of nitrogens with one attached hydrogen (secondary N) is 1. The van der Waals surface area contributed by atoms with Gasteiger partial charge in [-0.15, -0.1) is 0 Å². The summed E-state index contributed by atoms with van der Waals surface area (Å²) in [5, 5.41) is 13.8. The number of non-ortho nitro benzene ring substituents is 1. The SMILES string of the molecule is CCCC(C)CNCc1ccc([N+](=O)[O-])cc1. The highest BCUT2D eigenvalue weighted by Crippen LogP contribution is 2.11. The van der Waals surface area contributed by atoms with Gasteiger partial charge in [0, 0.05) is 18.7 Å². The van der Waals surface area contributed by atoms with Gasteiger partial charge in [0.2, 0.25) is 0 Å². The monoisotopic (exact) mass is 236 g/mol. The summed E-state index contributed by atoms with van der Waals surface area (Å²) in [4.78, 5) is 10.1. The van der Waals surface area contributed by atoms with Crippen LogP contribution in [0.5, 0.6) is 0 Å². The van der Waals surface area contributed by atoms with Crippen molar-refractivity contribution in [2.45, 2.75) is 33.2 Å². The van der Waals surface area contributed by atoms with Crippen LogP contribution in [0, 0.1) is 16.0 Å². The predicted octanol–water partition coefficient (Wildman–Crippen LogP) is 3.12. The van der Waals surface area contributed by atoms with E-state index < -0.39 is 0 Å². The van der Waals surface area contributed by atoms with Crippen LogP contribution in [0.15, 0.2) is 24.3 Å². The zero-order valence-corrected chi connectivity index (χ0v) is 10.5. The lowest BCUT2D eigenvalue weighted by Gasteiger charge is -2.11. The molecular formula is C13H20N2O2. The zero-order valence-electron chi connectivity index (χ0n) is 10.5. The molecule has 1 atom stereocenters. The highest BCUT2D eigenvalue weighted by atomic mass is 16.6. The van der Waals surface area contributed by atoms with Crippen molar-refractivity contribution in [2.24, 2.45) is 5.92 Å². The number of hydrogen-bond donors (Lipinski definition) is 1. The Kier molecular flexibility index (Phi) is 5.63. The Morgan fingerprint density at radius 3 is 2.53 bits per heavy atom. The first-order valence-corrected chi connectivity index (χ1v) is 6.07. The van der Waals surface area contributed by atoms with Crippen LogP contribution in [-0.2, 0) is 6.54 Å². The zero-order chi connectivity index (χ0) is 12.7. The third-order valence-electron chi connectivity index (χ3n) is 2.75. The van der Waals surface area contributed by atoms with Gasteiger partial charge in [-0.2, -0.15) is 0 Å². The van der Waals surface area contributed by atoms with Crippen LogP contribution in [0.2, 0.25) is 0 Å². The van der Waals surface area contributed by atoms with Crippen LogP contribution in [-0.4, -0.2) is 11.5 Å². The highest BCUT2D eigenvalue weighted by molar-refractivity contribution is 5.32. The molecule has 0 aliphatic heterocycles. The van der Waals surface area contributed by atoms with Crippen molar-refractivity contribution in [1.29, 1.82) is 0 Å². The van der Waals surface area contributed by atoms with Crippen molar-refractivity contribution < 1.29 is 4.92 Å². The number of nitro groups is 1. The Labute approximate surface area is 102 Å². The van der Waals surface area contributed by atoms with Gasteiger partial charge < -0.3 is 5.32 Å². The second-order valence-electron chi connectivity index (χ2n) is 4.45. The second kappa shape index (κ2) is 7.01. The molecule has 94 valence electrons. The highest BCUT2D eigenvalue weighted by Gasteiger charge is 2.04. The minimum Gasteiger partial charge on any atom is -0.312 e. The van der Waals surface area contributed by atoms with E-state index in [0.717, 1.165) is 18.7 Å². The molecular weight excluding hydrogens is 216 g/mol. The van der Waals surface area contributed by atoms with E-state index in [-0.39, 0.29) is 10.6 Å². The molecule has 1 rings (SSSR count). The van der Waals surface area contributed by atoms with Crippen molar-refractivity contribution in [3.63, 3.8) is 0 Å². The molecule has 0 saturated carbocycles. The molecule has 1 N–H and O–H groups in total. The summed E-state index contributed by atoms with van der Waals surface area (Å²) < 4.78 is 0. The molecule has 4 nitrogen and oxygen atoms in total. The molecule has 0 aliphatic carbocycles.